The zero-order chi connectivity index (χ0) is 14.9. The lowest BCUT2D eigenvalue weighted by Gasteiger charge is -2.08. The first-order valence-electron chi connectivity index (χ1n) is 6.59. The van der Waals surface area contributed by atoms with Gasteiger partial charge in [0.05, 0.1) is 72.7 Å². The molecule has 8 heteroatoms. The van der Waals surface area contributed by atoms with Gasteiger partial charge in [-0.1, -0.05) is 0 Å². The molecular formula is C12H25IO7. The number of ether oxygens (including phenoxy) is 5. The fourth-order valence-electron chi connectivity index (χ4n) is 1.12. The molecule has 20 heavy (non-hydrogen) atoms. The number of hydrogen-bond acceptors (Lipinski definition) is 7. The highest BCUT2D eigenvalue weighted by atomic mass is 127. The highest BCUT2D eigenvalue weighted by molar-refractivity contribution is 14.1. The van der Waals surface area contributed by atoms with Gasteiger partial charge >= 0.3 is 0 Å². The second-order valence-electron chi connectivity index (χ2n) is 3.68. The molecule has 0 aliphatic heterocycles. The molecule has 7 nitrogen and oxygen atoms in total. The van der Waals surface area contributed by atoms with Crippen LogP contribution >= 0.6 is 22.6 Å². The summed E-state index contributed by atoms with van der Waals surface area (Å²) in [6.07, 6.45) is 0. The van der Waals surface area contributed by atoms with Gasteiger partial charge in [0.2, 0.25) is 0 Å². The minimum atomic E-state index is -0.468. The number of halogens is 1. The van der Waals surface area contributed by atoms with Gasteiger partial charge in [-0.05, 0) is 22.6 Å². The summed E-state index contributed by atoms with van der Waals surface area (Å²) in [6, 6.07) is 0. The van der Waals surface area contributed by atoms with Crippen molar-refractivity contribution in [3.05, 3.63) is 0 Å². The first-order valence-corrected chi connectivity index (χ1v) is 7.83. The van der Waals surface area contributed by atoms with E-state index in [-0.39, 0.29) is 6.61 Å². The zero-order valence-electron chi connectivity index (χ0n) is 11.7. The van der Waals surface area contributed by atoms with Crippen LogP contribution < -0.4 is 0 Å². The maximum Gasteiger partial charge on any atom is 0.128 e. The Morgan fingerprint density at radius 1 is 0.650 bits per heavy atom. The average molecular weight is 408 g/mol. The van der Waals surface area contributed by atoms with Crippen LogP contribution in [0.5, 0.6) is 0 Å². The predicted octanol–water partition coefficient (Wildman–Crippen LogP) is -0.185. The van der Waals surface area contributed by atoms with Crippen LogP contribution in [0.1, 0.15) is 0 Å². The lowest BCUT2D eigenvalue weighted by molar-refractivity contribution is -0.0158. The Hall–Kier alpha value is 0.450. The minimum absolute atomic E-state index is 0.0345. The van der Waals surface area contributed by atoms with Crippen LogP contribution in [0.4, 0.5) is 0 Å². The molecule has 0 aliphatic carbocycles. The first-order chi connectivity index (χ1) is 9.77. The van der Waals surface area contributed by atoms with Crippen LogP contribution in [-0.4, -0.2) is 87.0 Å². The second kappa shape index (κ2) is 17.5. The maximum atomic E-state index is 8.93. The molecule has 0 saturated heterocycles. The van der Waals surface area contributed by atoms with E-state index in [1.165, 1.54) is 0 Å². The predicted molar refractivity (Wildman–Crippen MR) is 81.2 cm³/mol. The monoisotopic (exact) mass is 408 g/mol. The lowest BCUT2D eigenvalue weighted by atomic mass is 10.7. The molecule has 0 spiro atoms. The number of aliphatic hydroxyl groups is 2. The van der Waals surface area contributed by atoms with Crippen LogP contribution in [-0.2, 0) is 23.7 Å². The summed E-state index contributed by atoms with van der Waals surface area (Å²) in [5.41, 5.74) is 0. The van der Waals surface area contributed by atoms with Gasteiger partial charge in [-0.3, -0.25) is 0 Å². The SMILES string of the molecule is OCCOCCOCCOCCOCCOCC(O)I. The van der Waals surface area contributed by atoms with Crippen molar-refractivity contribution < 1.29 is 33.9 Å². The van der Waals surface area contributed by atoms with Gasteiger partial charge in [0.15, 0.2) is 0 Å². The molecule has 0 aromatic rings. The Morgan fingerprint density at radius 3 is 1.35 bits per heavy atom. The van der Waals surface area contributed by atoms with Crippen LogP contribution in [0.15, 0.2) is 0 Å². The molecule has 0 aromatic carbocycles. The Labute approximate surface area is 133 Å². The van der Waals surface area contributed by atoms with Gasteiger partial charge in [-0.15, -0.1) is 0 Å². The minimum Gasteiger partial charge on any atom is -0.394 e. The Kier molecular flexibility index (Phi) is 17.9. The summed E-state index contributed by atoms with van der Waals surface area (Å²) in [4.78, 5) is 0. The molecule has 0 rings (SSSR count). The van der Waals surface area contributed by atoms with Crippen molar-refractivity contribution in [2.75, 3.05) is 72.7 Å². The van der Waals surface area contributed by atoms with Crippen molar-refractivity contribution in [2.45, 2.75) is 4.11 Å². The number of aliphatic hydroxyl groups excluding tert-OH is 2. The largest absolute Gasteiger partial charge is 0.394 e. The zero-order valence-corrected chi connectivity index (χ0v) is 13.8. The van der Waals surface area contributed by atoms with Crippen LogP contribution in [0.2, 0.25) is 0 Å². The summed E-state index contributed by atoms with van der Waals surface area (Å²) < 4.78 is 25.5. The van der Waals surface area contributed by atoms with E-state index in [1.807, 2.05) is 22.6 Å². The Morgan fingerprint density at radius 2 is 1.00 bits per heavy atom. The second-order valence-corrected chi connectivity index (χ2v) is 5.12. The highest BCUT2D eigenvalue weighted by Gasteiger charge is 1.96. The number of rotatable bonds is 16. The van der Waals surface area contributed by atoms with Gasteiger partial charge in [0.1, 0.15) is 4.11 Å². The molecule has 1 unspecified atom stereocenters. The van der Waals surface area contributed by atoms with Crippen molar-refractivity contribution >= 4 is 22.6 Å². The molecule has 122 valence electrons. The fourth-order valence-corrected chi connectivity index (χ4v) is 1.38. The summed E-state index contributed by atoms with van der Waals surface area (Å²) in [5.74, 6) is 0. The van der Waals surface area contributed by atoms with Crippen molar-refractivity contribution in [1.29, 1.82) is 0 Å². The van der Waals surface area contributed by atoms with Crippen molar-refractivity contribution in [3.63, 3.8) is 0 Å². The third-order valence-corrected chi connectivity index (χ3v) is 2.34. The smallest absolute Gasteiger partial charge is 0.128 e. The van der Waals surface area contributed by atoms with Crippen LogP contribution in [0, 0.1) is 0 Å². The molecule has 1 atom stereocenters. The number of hydrogen-bond donors (Lipinski definition) is 2. The average Bonchev–Trinajstić information content (AvgIpc) is 2.43. The first kappa shape index (κ1) is 20.5. The summed E-state index contributed by atoms with van der Waals surface area (Å²) in [6.45, 7) is 4.69. The molecule has 0 saturated carbocycles. The molecule has 0 radical (unpaired) electrons. The molecule has 0 fully saturated rings. The normalized spacial score (nSPS) is 12.8. The number of alkyl halides is 1. The van der Waals surface area contributed by atoms with E-state index in [4.69, 9.17) is 33.9 Å². The topological polar surface area (TPSA) is 86.6 Å². The van der Waals surface area contributed by atoms with E-state index in [0.29, 0.717) is 66.1 Å². The van der Waals surface area contributed by atoms with Gasteiger partial charge in [0.25, 0.3) is 0 Å². The van der Waals surface area contributed by atoms with Crippen LogP contribution in [0.3, 0.4) is 0 Å². The third-order valence-electron chi connectivity index (χ3n) is 1.98. The third kappa shape index (κ3) is 18.4. The Bertz CT molecular complexity index is 183. The Balaban J connectivity index is 2.92. The van der Waals surface area contributed by atoms with E-state index < -0.39 is 4.11 Å². The van der Waals surface area contributed by atoms with Gasteiger partial charge in [-0.2, -0.15) is 0 Å². The van der Waals surface area contributed by atoms with E-state index in [0.717, 1.165) is 0 Å². The lowest BCUT2D eigenvalue weighted by Crippen LogP contribution is -2.14. The fraction of sp³-hybridized carbons (Fsp3) is 1.00. The molecule has 0 heterocycles. The van der Waals surface area contributed by atoms with Gasteiger partial charge in [-0.25, -0.2) is 0 Å². The van der Waals surface area contributed by atoms with E-state index >= 15 is 0 Å². The standard InChI is InChI=1S/C12H25IO7/c13-12(15)11-20-10-9-19-8-7-18-6-5-17-4-3-16-2-1-14/h12,14-15H,1-11H2. The molecule has 0 amide bonds. The van der Waals surface area contributed by atoms with E-state index in [1.54, 1.807) is 0 Å². The summed E-state index contributed by atoms with van der Waals surface area (Å²) in [5, 5.41) is 17.4. The highest BCUT2D eigenvalue weighted by Crippen LogP contribution is 1.94. The maximum absolute atomic E-state index is 8.93. The van der Waals surface area contributed by atoms with Crippen molar-refractivity contribution in [3.8, 4) is 0 Å². The molecule has 0 aliphatic rings. The molecular weight excluding hydrogens is 383 g/mol. The van der Waals surface area contributed by atoms with Gasteiger partial charge in [0, 0.05) is 0 Å². The van der Waals surface area contributed by atoms with E-state index in [2.05, 4.69) is 0 Å². The summed E-state index contributed by atoms with van der Waals surface area (Å²) >= 11 is 1.88. The van der Waals surface area contributed by atoms with Gasteiger partial charge < -0.3 is 33.9 Å². The molecule has 0 bridgehead atoms. The van der Waals surface area contributed by atoms with Crippen molar-refractivity contribution in [1.82, 2.24) is 0 Å². The molecule has 2 N–H and O–H groups in total. The van der Waals surface area contributed by atoms with E-state index in [9.17, 15) is 0 Å². The van der Waals surface area contributed by atoms with Crippen molar-refractivity contribution in [2.24, 2.45) is 0 Å². The quantitative estimate of drug-likeness (QED) is 0.208. The molecule has 0 aromatic heterocycles. The van der Waals surface area contributed by atoms with Crippen LogP contribution in [0.25, 0.3) is 0 Å². The summed E-state index contributed by atoms with van der Waals surface area (Å²) in [7, 11) is 0.